The van der Waals surface area contributed by atoms with E-state index in [9.17, 15) is 9.59 Å². The average molecular weight is 232 g/mol. The fourth-order valence-electron chi connectivity index (χ4n) is 0.693. The van der Waals surface area contributed by atoms with Crippen LogP contribution in [0.3, 0.4) is 0 Å². The Morgan fingerprint density at radius 2 is 2.00 bits per heavy atom. The number of nitrogens with zero attached hydrogens (tertiary/aromatic N) is 1. The highest BCUT2D eigenvalue weighted by Gasteiger charge is 2.01. The van der Waals surface area contributed by atoms with E-state index in [1.165, 1.54) is 0 Å². The first-order valence-corrected chi connectivity index (χ1v) is 4.71. The average Bonchev–Trinajstić information content (AvgIpc) is 2.16. The van der Waals surface area contributed by atoms with Gasteiger partial charge < -0.3 is 20.0 Å². The molecule has 0 bridgehead atoms. The van der Waals surface area contributed by atoms with E-state index in [0.717, 1.165) is 5.71 Å². The molecule has 7 nitrogen and oxygen atoms in total. The first-order valence-electron chi connectivity index (χ1n) is 4.71. The van der Waals surface area contributed by atoms with Gasteiger partial charge in [-0.2, -0.15) is 0 Å². The van der Waals surface area contributed by atoms with Crippen molar-refractivity contribution < 1.29 is 24.3 Å². The second kappa shape index (κ2) is 8.66. The zero-order valence-corrected chi connectivity index (χ0v) is 9.36. The van der Waals surface area contributed by atoms with Gasteiger partial charge in [-0.05, 0) is 13.8 Å². The molecule has 1 amide bonds. The van der Waals surface area contributed by atoms with Gasteiger partial charge in [0.05, 0.1) is 12.3 Å². The quantitative estimate of drug-likeness (QED) is 0.337. The molecule has 0 atom stereocenters. The molecule has 2 N–H and O–H groups in total. The first kappa shape index (κ1) is 14.4. The van der Waals surface area contributed by atoms with E-state index in [4.69, 9.17) is 14.7 Å². The lowest BCUT2D eigenvalue weighted by Gasteiger charge is -2.04. The Bertz CT molecular complexity index is 261. The Hall–Kier alpha value is -1.63. The summed E-state index contributed by atoms with van der Waals surface area (Å²) in [5.74, 6) is -1.37. The number of amides is 1. The number of ether oxygens (including phenoxy) is 1. The van der Waals surface area contributed by atoms with Gasteiger partial charge in [-0.15, -0.1) is 0 Å². The lowest BCUT2D eigenvalue weighted by atomic mass is 10.5. The number of nitrogens with one attached hydrogen (secondary N) is 1. The van der Waals surface area contributed by atoms with Crippen molar-refractivity contribution in [3.63, 3.8) is 0 Å². The molecule has 0 unspecified atom stereocenters. The van der Waals surface area contributed by atoms with Crippen LogP contribution in [0.5, 0.6) is 0 Å². The fraction of sp³-hybridized carbons (Fsp3) is 0.667. The van der Waals surface area contributed by atoms with Crippen LogP contribution in [0.2, 0.25) is 0 Å². The molecule has 0 aliphatic carbocycles. The van der Waals surface area contributed by atoms with Crippen molar-refractivity contribution in [3.05, 3.63) is 0 Å². The molecule has 0 spiro atoms. The van der Waals surface area contributed by atoms with Gasteiger partial charge in [-0.1, -0.05) is 5.16 Å². The van der Waals surface area contributed by atoms with E-state index in [2.05, 4.69) is 10.5 Å². The summed E-state index contributed by atoms with van der Waals surface area (Å²) in [5.41, 5.74) is 0.720. The van der Waals surface area contributed by atoms with Crippen molar-refractivity contribution in [2.24, 2.45) is 5.16 Å². The van der Waals surface area contributed by atoms with Crippen LogP contribution in [0.4, 0.5) is 0 Å². The maximum Gasteiger partial charge on any atom is 0.329 e. The summed E-state index contributed by atoms with van der Waals surface area (Å²) < 4.78 is 4.71. The van der Waals surface area contributed by atoms with Crippen LogP contribution >= 0.6 is 0 Å². The number of rotatable bonds is 8. The van der Waals surface area contributed by atoms with Gasteiger partial charge in [0.2, 0.25) is 0 Å². The summed E-state index contributed by atoms with van der Waals surface area (Å²) in [5, 5.41) is 14.3. The Balaban J connectivity index is 3.37. The monoisotopic (exact) mass is 232 g/mol. The second-order valence-corrected chi connectivity index (χ2v) is 3.11. The Labute approximate surface area is 93.4 Å². The molecule has 92 valence electrons. The molecule has 0 rings (SSSR count). The Kier molecular flexibility index (Phi) is 7.78. The van der Waals surface area contributed by atoms with Gasteiger partial charge in [-0.3, -0.25) is 4.79 Å². The first-order chi connectivity index (χ1) is 7.52. The second-order valence-electron chi connectivity index (χ2n) is 3.11. The van der Waals surface area contributed by atoms with Gasteiger partial charge in [-0.25, -0.2) is 4.79 Å². The van der Waals surface area contributed by atoms with Crippen LogP contribution in [-0.4, -0.2) is 49.1 Å². The standard InChI is InChI=1S/C9H16N2O5/c1-7(2)11-16-5-8(12)10-3-4-15-6-9(13)14/h3-6H2,1-2H3,(H,10,12)(H,13,14). The van der Waals surface area contributed by atoms with E-state index in [0.29, 0.717) is 0 Å². The number of oxime groups is 1. The molecule has 0 heterocycles. The topological polar surface area (TPSA) is 97.2 Å². The SMILES string of the molecule is CC(C)=NOCC(=O)NCCOCC(=O)O. The highest BCUT2D eigenvalue weighted by molar-refractivity contribution is 5.79. The predicted molar refractivity (Wildman–Crippen MR) is 56.2 cm³/mol. The van der Waals surface area contributed by atoms with Crippen molar-refractivity contribution in [3.8, 4) is 0 Å². The molecule has 0 radical (unpaired) electrons. The number of carboxylic acids is 1. The summed E-state index contributed by atoms with van der Waals surface area (Å²) in [6, 6.07) is 0. The van der Waals surface area contributed by atoms with E-state index in [1.54, 1.807) is 13.8 Å². The largest absolute Gasteiger partial charge is 0.480 e. The van der Waals surface area contributed by atoms with E-state index in [-0.39, 0.29) is 32.3 Å². The van der Waals surface area contributed by atoms with Crippen LogP contribution < -0.4 is 5.32 Å². The highest BCUT2D eigenvalue weighted by Crippen LogP contribution is 1.80. The lowest BCUT2D eigenvalue weighted by molar-refractivity contribution is -0.142. The Morgan fingerprint density at radius 3 is 2.56 bits per heavy atom. The number of carbonyl (C=O) groups excluding carboxylic acids is 1. The highest BCUT2D eigenvalue weighted by atomic mass is 16.6. The van der Waals surface area contributed by atoms with Crippen molar-refractivity contribution >= 4 is 17.6 Å². The van der Waals surface area contributed by atoms with Crippen LogP contribution in [-0.2, 0) is 19.2 Å². The summed E-state index contributed by atoms with van der Waals surface area (Å²) >= 11 is 0. The number of carbonyl (C=O) groups is 2. The van der Waals surface area contributed by atoms with Crippen molar-refractivity contribution in [2.75, 3.05) is 26.4 Å². The minimum atomic E-state index is -1.04. The minimum absolute atomic E-state index is 0.147. The molecule has 0 saturated heterocycles. The molecule has 0 aromatic carbocycles. The van der Waals surface area contributed by atoms with Crippen LogP contribution in [0, 0.1) is 0 Å². The van der Waals surface area contributed by atoms with Gasteiger partial charge in [0.25, 0.3) is 5.91 Å². The maximum atomic E-state index is 11.0. The molecule has 7 heteroatoms. The minimum Gasteiger partial charge on any atom is -0.480 e. The van der Waals surface area contributed by atoms with E-state index < -0.39 is 5.97 Å². The number of hydrogen-bond donors (Lipinski definition) is 2. The molecule has 0 aliphatic rings. The van der Waals surface area contributed by atoms with E-state index in [1.807, 2.05) is 0 Å². The molecule has 0 aliphatic heterocycles. The molecule has 0 aromatic rings. The molecule has 0 saturated carbocycles. The molecule has 0 fully saturated rings. The summed E-state index contributed by atoms with van der Waals surface area (Å²) in [7, 11) is 0. The molecular weight excluding hydrogens is 216 g/mol. The maximum absolute atomic E-state index is 11.0. The van der Waals surface area contributed by atoms with Crippen LogP contribution in [0.1, 0.15) is 13.8 Å². The lowest BCUT2D eigenvalue weighted by Crippen LogP contribution is -2.30. The number of carboxylic acid groups (broad SMARTS) is 1. The smallest absolute Gasteiger partial charge is 0.329 e. The third-order valence-corrected chi connectivity index (χ3v) is 1.24. The summed E-state index contributed by atoms with van der Waals surface area (Å²) in [6.45, 7) is 3.35. The van der Waals surface area contributed by atoms with Gasteiger partial charge in [0.15, 0.2) is 6.61 Å². The van der Waals surface area contributed by atoms with E-state index >= 15 is 0 Å². The Morgan fingerprint density at radius 1 is 1.31 bits per heavy atom. The predicted octanol–water partition coefficient (Wildman–Crippen LogP) is -0.384. The zero-order valence-electron chi connectivity index (χ0n) is 9.36. The van der Waals surface area contributed by atoms with Crippen molar-refractivity contribution in [1.29, 1.82) is 0 Å². The van der Waals surface area contributed by atoms with Gasteiger partial charge in [0.1, 0.15) is 6.61 Å². The van der Waals surface area contributed by atoms with Gasteiger partial charge >= 0.3 is 5.97 Å². The van der Waals surface area contributed by atoms with Crippen molar-refractivity contribution in [2.45, 2.75) is 13.8 Å². The van der Waals surface area contributed by atoms with Crippen LogP contribution in [0.25, 0.3) is 0 Å². The van der Waals surface area contributed by atoms with Crippen LogP contribution in [0.15, 0.2) is 5.16 Å². The molecule has 0 aromatic heterocycles. The normalized spacial score (nSPS) is 9.38. The molecule has 16 heavy (non-hydrogen) atoms. The fourth-order valence-corrected chi connectivity index (χ4v) is 0.693. The van der Waals surface area contributed by atoms with Crippen molar-refractivity contribution in [1.82, 2.24) is 5.32 Å². The molecular formula is C9H16N2O5. The van der Waals surface area contributed by atoms with Gasteiger partial charge in [0, 0.05) is 6.54 Å². The summed E-state index contributed by atoms with van der Waals surface area (Å²) in [6.07, 6.45) is 0. The third-order valence-electron chi connectivity index (χ3n) is 1.24. The number of hydrogen-bond acceptors (Lipinski definition) is 5. The summed E-state index contributed by atoms with van der Waals surface area (Å²) in [4.78, 5) is 25.8. The zero-order chi connectivity index (χ0) is 12.4. The third kappa shape index (κ3) is 10.5. The number of aliphatic carboxylic acids is 1.